The molecule has 0 amide bonds. The minimum atomic E-state index is -4.91. The molecule has 1 rings (SSSR count). The third-order valence-corrected chi connectivity index (χ3v) is 3.03. The van der Waals surface area contributed by atoms with Gasteiger partial charge in [-0.25, -0.2) is 0 Å². The number of hydrogen-bond acceptors (Lipinski definition) is 8. The second kappa shape index (κ2) is 5.87. The van der Waals surface area contributed by atoms with Crippen molar-refractivity contribution < 1.29 is 23.0 Å². The summed E-state index contributed by atoms with van der Waals surface area (Å²) in [6, 6.07) is 4.19. The molecule has 0 saturated heterocycles. The van der Waals surface area contributed by atoms with Crippen LogP contribution in [0.25, 0.3) is 0 Å². The predicted octanol–water partition coefficient (Wildman–Crippen LogP) is 0.890. The Labute approximate surface area is 118 Å². The van der Waals surface area contributed by atoms with Crippen molar-refractivity contribution in [2.24, 2.45) is 0 Å². The first kappa shape index (κ1) is 15.9. The van der Waals surface area contributed by atoms with Crippen LogP contribution in [0.5, 0.6) is 5.75 Å². The molecule has 0 aliphatic heterocycles. The molecule has 0 saturated carbocycles. The maximum absolute atomic E-state index is 11.1. The van der Waals surface area contributed by atoms with Crippen molar-refractivity contribution in [3.05, 3.63) is 34.0 Å². The molecular weight excluding hydrogens is 304 g/mol. The highest BCUT2D eigenvalue weighted by atomic mass is 32.2. The third-order valence-electron chi connectivity index (χ3n) is 2.16. The summed E-state index contributed by atoms with van der Waals surface area (Å²) in [7, 11) is -4.91. The third kappa shape index (κ3) is 3.66. The second-order valence-corrected chi connectivity index (χ2v) is 4.89. The number of hydrogen-bond donors (Lipinski definition) is 3. The van der Waals surface area contributed by atoms with Crippen molar-refractivity contribution in [2.45, 2.75) is 4.90 Å². The van der Waals surface area contributed by atoms with Gasteiger partial charge in [0.15, 0.2) is 5.75 Å². The number of nitrogens with zero attached hydrogens (tertiary/aromatic N) is 3. The molecule has 0 heterocycles. The van der Waals surface area contributed by atoms with Crippen LogP contribution < -0.4 is 5.32 Å². The smallest absolute Gasteiger partial charge is 0.298 e. The van der Waals surface area contributed by atoms with E-state index < -0.39 is 42.6 Å². The molecule has 0 aliphatic rings. The van der Waals surface area contributed by atoms with Crippen LogP contribution in [0.4, 0.5) is 11.4 Å². The molecule has 21 heavy (non-hydrogen) atoms. The van der Waals surface area contributed by atoms with E-state index in [9.17, 15) is 23.6 Å². The van der Waals surface area contributed by atoms with Crippen LogP contribution in [0.1, 0.15) is 0 Å². The summed E-state index contributed by atoms with van der Waals surface area (Å²) in [6.07, 6.45) is 0.812. The first-order valence-electron chi connectivity index (χ1n) is 4.96. The molecule has 11 heteroatoms. The van der Waals surface area contributed by atoms with E-state index >= 15 is 0 Å². The molecule has 0 unspecified atom stereocenters. The molecule has 1 aromatic carbocycles. The Hall–Kier alpha value is -3.15. The van der Waals surface area contributed by atoms with Crippen molar-refractivity contribution in [3.8, 4) is 17.9 Å². The van der Waals surface area contributed by atoms with E-state index in [-0.39, 0.29) is 0 Å². The first-order valence-corrected chi connectivity index (χ1v) is 6.40. The van der Waals surface area contributed by atoms with Gasteiger partial charge in [-0.2, -0.15) is 18.9 Å². The Morgan fingerprint density at radius 2 is 1.95 bits per heavy atom. The number of anilines is 1. The maximum Gasteiger partial charge on any atom is 0.298 e. The van der Waals surface area contributed by atoms with Crippen LogP contribution in [0, 0.1) is 32.8 Å². The Morgan fingerprint density at radius 3 is 2.38 bits per heavy atom. The number of rotatable bonds is 4. The lowest BCUT2D eigenvalue weighted by atomic mass is 10.2. The number of phenols is 1. The lowest BCUT2D eigenvalue weighted by Crippen LogP contribution is -2.03. The molecule has 0 aliphatic carbocycles. The Balaban J connectivity index is 3.50. The van der Waals surface area contributed by atoms with Crippen LogP contribution in [-0.2, 0) is 10.1 Å². The lowest BCUT2D eigenvalue weighted by molar-refractivity contribution is -0.385. The number of nitro groups is 1. The summed E-state index contributed by atoms with van der Waals surface area (Å²) in [5.74, 6) is -0.991. The molecule has 10 nitrogen and oxygen atoms in total. The van der Waals surface area contributed by atoms with Gasteiger partial charge in [0.05, 0.1) is 10.6 Å². The molecule has 1 aromatic rings. The van der Waals surface area contributed by atoms with Crippen LogP contribution >= 0.6 is 0 Å². The fourth-order valence-electron chi connectivity index (χ4n) is 1.24. The Kier molecular flexibility index (Phi) is 4.45. The van der Waals surface area contributed by atoms with Crippen LogP contribution in [0.15, 0.2) is 28.8 Å². The average molecular weight is 310 g/mol. The van der Waals surface area contributed by atoms with Crippen LogP contribution in [0.2, 0.25) is 0 Å². The zero-order valence-electron chi connectivity index (χ0n) is 10.0. The van der Waals surface area contributed by atoms with Crippen molar-refractivity contribution in [3.63, 3.8) is 0 Å². The fraction of sp³-hybridized carbons (Fsp3) is 0. The SMILES string of the molecule is N#CC(C#N)=CNc1cc([N+](=O)[O-])cc(S(=O)(=O)O)c1O. The maximum atomic E-state index is 11.1. The summed E-state index contributed by atoms with van der Waals surface area (Å²) in [5.41, 5.74) is -1.62. The Morgan fingerprint density at radius 1 is 1.38 bits per heavy atom. The minimum Gasteiger partial charge on any atom is -0.504 e. The summed E-state index contributed by atoms with van der Waals surface area (Å²) < 4.78 is 31.0. The van der Waals surface area contributed by atoms with E-state index in [1.807, 2.05) is 0 Å². The van der Waals surface area contributed by atoms with Crippen molar-refractivity contribution in [1.29, 1.82) is 10.5 Å². The predicted molar refractivity (Wildman–Crippen MR) is 67.5 cm³/mol. The van der Waals surface area contributed by atoms with E-state index in [0.29, 0.717) is 6.07 Å². The van der Waals surface area contributed by atoms with E-state index in [0.717, 1.165) is 12.3 Å². The molecule has 0 radical (unpaired) electrons. The minimum absolute atomic E-state index is 0.422. The largest absolute Gasteiger partial charge is 0.504 e. The van der Waals surface area contributed by atoms with Gasteiger partial charge in [0, 0.05) is 18.3 Å². The highest BCUT2D eigenvalue weighted by molar-refractivity contribution is 7.86. The van der Waals surface area contributed by atoms with Crippen molar-refractivity contribution >= 4 is 21.5 Å². The molecule has 3 N–H and O–H groups in total. The molecule has 0 aromatic heterocycles. The van der Waals surface area contributed by atoms with Crippen molar-refractivity contribution in [1.82, 2.24) is 0 Å². The number of aromatic hydroxyl groups is 1. The lowest BCUT2D eigenvalue weighted by Gasteiger charge is -2.07. The number of allylic oxidation sites excluding steroid dienone is 1. The van der Waals surface area contributed by atoms with Crippen LogP contribution in [-0.4, -0.2) is 23.0 Å². The van der Waals surface area contributed by atoms with E-state index in [1.165, 1.54) is 12.1 Å². The standard InChI is InChI=1S/C10H6N4O6S/c11-3-6(4-12)5-13-8-1-7(14(16)17)2-9(10(8)15)21(18,19)20/h1-2,5,13,15H,(H,18,19,20). The highest BCUT2D eigenvalue weighted by Gasteiger charge is 2.23. The average Bonchev–Trinajstić information content (AvgIpc) is 2.39. The van der Waals surface area contributed by atoms with E-state index in [1.54, 1.807) is 0 Å². The van der Waals surface area contributed by atoms with Crippen LogP contribution in [0.3, 0.4) is 0 Å². The van der Waals surface area contributed by atoms with Gasteiger partial charge in [0.25, 0.3) is 15.8 Å². The number of nitrogens with one attached hydrogen (secondary N) is 1. The number of nitro benzene ring substituents is 1. The molecule has 0 atom stereocenters. The van der Waals surface area contributed by atoms with E-state index in [4.69, 9.17) is 15.1 Å². The van der Waals surface area contributed by atoms with Gasteiger partial charge in [-0.15, -0.1) is 0 Å². The van der Waals surface area contributed by atoms with Crippen molar-refractivity contribution in [2.75, 3.05) is 5.32 Å². The number of nitriles is 2. The quantitative estimate of drug-likeness (QED) is 0.239. The number of benzene rings is 1. The summed E-state index contributed by atoms with van der Waals surface area (Å²) in [4.78, 5) is 8.67. The first-order chi connectivity index (χ1) is 9.70. The zero-order chi connectivity index (χ0) is 16.2. The zero-order valence-corrected chi connectivity index (χ0v) is 10.8. The molecule has 108 valence electrons. The monoisotopic (exact) mass is 310 g/mol. The number of phenolic OH excluding ortho intramolecular Hbond substituents is 1. The fourth-order valence-corrected chi connectivity index (χ4v) is 1.87. The molecule has 0 fully saturated rings. The summed E-state index contributed by atoms with van der Waals surface area (Å²) in [6.45, 7) is 0. The molecule has 0 spiro atoms. The molecule has 0 bridgehead atoms. The van der Waals surface area contributed by atoms with Gasteiger partial charge in [-0.1, -0.05) is 0 Å². The summed E-state index contributed by atoms with van der Waals surface area (Å²) >= 11 is 0. The normalized spacial score (nSPS) is 10.0. The topological polar surface area (TPSA) is 177 Å². The van der Waals surface area contributed by atoms with Gasteiger partial charge in [0.1, 0.15) is 22.6 Å². The van der Waals surface area contributed by atoms with Gasteiger partial charge >= 0.3 is 0 Å². The Bertz CT molecular complexity index is 799. The molecular formula is C10H6N4O6S. The van der Waals surface area contributed by atoms with Gasteiger partial charge < -0.3 is 10.4 Å². The second-order valence-electron chi connectivity index (χ2n) is 3.50. The highest BCUT2D eigenvalue weighted by Crippen LogP contribution is 2.35. The van der Waals surface area contributed by atoms with E-state index in [2.05, 4.69) is 5.32 Å². The van der Waals surface area contributed by atoms with Gasteiger partial charge in [-0.3, -0.25) is 14.7 Å². The van der Waals surface area contributed by atoms with Gasteiger partial charge in [-0.05, 0) is 0 Å². The van der Waals surface area contributed by atoms with Gasteiger partial charge in [0.2, 0.25) is 0 Å². The number of non-ortho nitro benzene ring substituents is 1. The summed E-state index contributed by atoms with van der Waals surface area (Å²) in [5, 5.41) is 39.6.